The van der Waals surface area contributed by atoms with Crippen molar-refractivity contribution in [2.75, 3.05) is 0 Å². The Balaban J connectivity index is 2.41. The molecule has 7 heteroatoms. The molecule has 1 unspecified atom stereocenters. The lowest BCUT2D eigenvalue weighted by molar-refractivity contribution is 0.102. The van der Waals surface area contributed by atoms with Crippen LogP contribution in [0.2, 0.25) is 0 Å². The minimum absolute atomic E-state index is 0.108. The second-order valence-corrected chi connectivity index (χ2v) is 6.31. The number of carbonyl (C=O) groups excluding carboxylic acids is 1. The molecule has 0 aliphatic carbocycles. The van der Waals surface area contributed by atoms with Crippen LogP contribution < -0.4 is 5.73 Å². The summed E-state index contributed by atoms with van der Waals surface area (Å²) in [5, 5.41) is 6.70. The maximum Gasteiger partial charge on any atom is 0.231 e. The third-order valence-electron chi connectivity index (χ3n) is 2.60. The normalized spacial score (nSPS) is 12.9. The van der Waals surface area contributed by atoms with Crippen LogP contribution in [0.3, 0.4) is 0 Å². The Morgan fingerprint density at radius 1 is 1.47 bits per heavy atom. The molecule has 0 amide bonds. The first-order valence-electron chi connectivity index (χ1n) is 5.90. The maximum absolute atomic E-state index is 12.5. The summed E-state index contributed by atoms with van der Waals surface area (Å²) in [6.45, 7) is 5.80. The van der Waals surface area contributed by atoms with Crippen LogP contribution >= 0.6 is 27.3 Å². The van der Waals surface area contributed by atoms with Crippen molar-refractivity contribution in [2.45, 2.75) is 32.9 Å². The van der Waals surface area contributed by atoms with Crippen LogP contribution in [0.5, 0.6) is 0 Å². The number of nitrogens with two attached hydrogens (primary N) is 1. The van der Waals surface area contributed by atoms with Gasteiger partial charge in [0.25, 0.3) is 0 Å². The van der Waals surface area contributed by atoms with Gasteiger partial charge in [-0.3, -0.25) is 9.48 Å². The molecule has 0 aliphatic rings. The third kappa shape index (κ3) is 2.77. The molecule has 0 bridgehead atoms. The van der Waals surface area contributed by atoms with E-state index in [9.17, 15) is 4.79 Å². The van der Waals surface area contributed by atoms with Crippen LogP contribution in [-0.4, -0.2) is 20.5 Å². The zero-order valence-electron chi connectivity index (χ0n) is 10.9. The van der Waals surface area contributed by atoms with E-state index in [1.54, 1.807) is 16.3 Å². The summed E-state index contributed by atoms with van der Waals surface area (Å²) in [4.78, 5) is 16.8. The Kier molecular flexibility index (Phi) is 4.17. The van der Waals surface area contributed by atoms with Crippen molar-refractivity contribution < 1.29 is 4.79 Å². The van der Waals surface area contributed by atoms with Crippen molar-refractivity contribution in [3.05, 3.63) is 32.4 Å². The predicted molar refractivity (Wildman–Crippen MR) is 78.5 cm³/mol. The molecule has 0 fully saturated rings. The standard InChI is InChI=1S/C12H15BrN4OS/c1-6(2)17-10(8(13)4-15-17)11(18)9-5-19-12(16-9)7(3)14/h4-7H,14H2,1-3H3. The molecule has 0 spiro atoms. The molecule has 0 saturated carbocycles. The summed E-state index contributed by atoms with van der Waals surface area (Å²) in [7, 11) is 0. The monoisotopic (exact) mass is 342 g/mol. The van der Waals surface area contributed by atoms with Crippen molar-refractivity contribution >= 4 is 33.0 Å². The van der Waals surface area contributed by atoms with Crippen molar-refractivity contribution in [2.24, 2.45) is 5.73 Å². The van der Waals surface area contributed by atoms with E-state index in [1.807, 2.05) is 20.8 Å². The van der Waals surface area contributed by atoms with Gasteiger partial charge in [-0.25, -0.2) is 4.98 Å². The fraction of sp³-hybridized carbons (Fsp3) is 0.417. The predicted octanol–water partition coefficient (Wildman–Crippen LogP) is 2.93. The van der Waals surface area contributed by atoms with Crippen molar-refractivity contribution in [3.8, 4) is 0 Å². The number of rotatable bonds is 4. The van der Waals surface area contributed by atoms with E-state index in [2.05, 4.69) is 26.0 Å². The minimum Gasteiger partial charge on any atom is -0.322 e. The Hall–Kier alpha value is -1.05. The van der Waals surface area contributed by atoms with Gasteiger partial charge in [-0.15, -0.1) is 11.3 Å². The fourth-order valence-electron chi connectivity index (χ4n) is 1.67. The van der Waals surface area contributed by atoms with E-state index in [1.165, 1.54) is 11.3 Å². The molecule has 2 N–H and O–H groups in total. The molecule has 0 aromatic carbocycles. The van der Waals surface area contributed by atoms with Gasteiger partial charge in [0.05, 0.1) is 16.7 Å². The topological polar surface area (TPSA) is 73.8 Å². The van der Waals surface area contributed by atoms with E-state index >= 15 is 0 Å². The molecule has 102 valence electrons. The summed E-state index contributed by atoms with van der Waals surface area (Å²) >= 11 is 4.77. The molecule has 2 aromatic heterocycles. The number of aromatic nitrogens is 3. The first-order valence-corrected chi connectivity index (χ1v) is 7.57. The largest absolute Gasteiger partial charge is 0.322 e. The Morgan fingerprint density at radius 2 is 2.16 bits per heavy atom. The summed E-state index contributed by atoms with van der Waals surface area (Å²) in [6.07, 6.45) is 1.63. The van der Waals surface area contributed by atoms with Gasteiger partial charge in [0, 0.05) is 11.4 Å². The van der Waals surface area contributed by atoms with E-state index in [4.69, 9.17) is 5.73 Å². The average Bonchev–Trinajstić information content (AvgIpc) is 2.94. The summed E-state index contributed by atoms with van der Waals surface area (Å²) < 4.78 is 2.37. The molecule has 0 radical (unpaired) electrons. The zero-order chi connectivity index (χ0) is 14.2. The smallest absolute Gasteiger partial charge is 0.231 e. The highest BCUT2D eigenvalue weighted by Gasteiger charge is 2.22. The third-order valence-corrected chi connectivity index (χ3v) is 4.23. The Bertz CT molecular complexity index is 603. The molecular weight excluding hydrogens is 328 g/mol. The van der Waals surface area contributed by atoms with E-state index in [0.717, 1.165) is 5.01 Å². The highest BCUT2D eigenvalue weighted by Crippen LogP contribution is 2.24. The van der Waals surface area contributed by atoms with E-state index in [0.29, 0.717) is 15.9 Å². The SMILES string of the molecule is CC(N)c1nc(C(=O)c2c(Br)cnn2C(C)C)cs1. The Morgan fingerprint density at radius 3 is 2.68 bits per heavy atom. The van der Waals surface area contributed by atoms with Gasteiger partial charge in [0.1, 0.15) is 16.4 Å². The van der Waals surface area contributed by atoms with Crippen LogP contribution in [0, 0.1) is 0 Å². The second kappa shape index (κ2) is 5.52. The summed E-state index contributed by atoms with van der Waals surface area (Å²) in [5.41, 5.74) is 6.71. The quantitative estimate of drug-likeness (QED) is 0.867. The lowest BCUT2D eigenvalue weighted by Crippen LogP contribution is -2.14. The molecule has 19 heavy (non-hydrogen) atoms. The van der Waals surface area contributed by atoms with E-state index in [-0.39, 0.29) is 17.9 Å². The van der Waals surface area contributed by atoms with Gasteiger partial charge in [-0.05, 0) is 36.7 Å². The van der Waals surface area contributed by atoms with Crippen LogP contribution in [0.25, 0.3) is 0 Å². The number of nitrogens with zero attached hydrogens (tertiary/aromatic N) is 3. The van der Waals surface area contributed by atoms with E-state index < -0.39 is 0 Å². The van der Waals surface area contributed by atoms with Gasteiger partial charge >= 0.3 is 0 Å². The van der Waals surface area contributed by atoms with Gasteiger partial charge in [0.15, 0.2) is 0 Å². The number of hydrogen-bond donors (Lipinski definition) is 1. The molecular formula is C12H15BrN4OS. The van der Waals surface area contributed by atoms with Crippen LogP contribution in [0.15, 0.2) is 16.0 Å². The number of thiazole rings is 1. The first kappa shape index (κ1) is 14.4. The van der Waals surface area contributed by atoms with Crippen molar-refractivity contribution in [3.63, 3.8) is 0 Å². The molecule has 0 aliphatic heterocycles. The van der Waals surface area contributed by atoms with Gasteiger partial charge in [0.2, 0.25) is 5.78 Å². The number of hydrogen-bond acceptors (Lipinski definition) is 5. The molecule has 2 rings (SSSR count). The van der Waals surface area contributed by atoms with Crippen LogP contribution in [0.1, 0.15) is 54.0 Å². The minimum atomic E-state index is -0.162. The summed E-state index contributed by atoms with van der Waals surface area (Å²) in [6, 6.07) is -0.0539. The van der Waals surface area contributed by atoms with Crippen molar-refractivity contribution in [1.82, 2.24) is 14.8 Å². The van der Waals surface area contributed by atoms with Crippen LogP contribution in [0.4, 0.5) is 0 Å². The second-order valence-electron chi connectivity index (χ2n) is 4.57. The number of ketones is 1. The van der Waals surface area contributed by atoms with Gasteiger partial charge < -0.3 is 5.73 Å². The number of carbonyl (C=O) groups is 1. The zero-order valence-corrected chi connectivity index (χ0v) is 13.3. The molecule has 2 aromatic rings. The first-order chi connectivity index (χ1) is 8.91. The highest BCUT2D eigenvalue weighted by atomic mass is 79.9. The maximum atomic E-state index is 12.5. The molecule has 1 atom stereocenters. The van der Waals surface area contributed by atoms with Gasteiger partial charge in [-0.2, -0.15) is 5.10 Å². The molecule has 0 saturated heterocycles. The number of halogens is 1. The molecule has 2 heterocycles. The Labute approximate surface area is 124 Å². The average molecular weight is 343 g/mol. The lowest BCUT2D eigenvalue weighted by atomic mass is 10.2. The molecule has 5 nitrogen and oxygen atoms in total. The lowest BCUT2D eigenvalue weighted by Gasteiger charge is -2.09. The fourth-order valence-corrected chi connectivity index (χ4v) is 2.88. The summed E-state index contributed by atoms with van der Waals surface area (Å²) in [5.74, 6) is -0.138. The van der Waals surface area contributed by atoms with Gasteiger partial charge in [-0.1, -0.05) is 0 Å². The van der Waals surface area contributed by atoms with Crippen LogP contribution in [-0.2, 0) is 0 Å². The highest BCUT2D eigenvalue weighted by molar-refractivity contribution is 9.10. The van der Waals surface area contributed by atoms with Crippen molar-refractivity contribution in [1.29, 1.82) is 0 Å².